The van der Waals surface area contributed by atoms with Gasteiger partial charge in [0, 0.05) is 5.56 Å². The van der Waals surface area contributed by atoms with Crippen molar-refractivity contribution in [3.05, 3.63) is 48.2 Å². The number of hydrogen-bond acceptors (Lipinski definition) is 3. The van der Waals surface area contributed by atoms with Gasteiger partial charge in [-0.3, -0.25) is 0 Å². The van der Waals surface area contributed by atoms with E-state index >= 15 is 0 Å². The second-order valence-electron chi connectivity index (χ2n) is 4.05. The molecular formula is C15H16O3. The molecule has 0 saturated carbocycles. The first-order valence-electron chi connectivity index (χ1n) is 6.12. The predicted octanol–water partition coefficient (Wildman–Crippen LogP) is 3.90. The molecule has 0 unspecified atom stereocenters. The highest BCUT2D eigenvalue weighted by Crippen LogP contribution is 2.21. The maximum Gasteiger partial charge on any atom is 0.338 e. The lowest BCUT2D eigenvalue weighted by atomic mass is 10.1. The molecule has 0 aliphatic rings. The van der Waals surface area contributed by atoms with Gasteiger partial charge in [0.15, 0.2) is 0 Å². The highest BCUT2D eigenvalue weighted by atomic mass is 16.5. The van der Waals surface area contributed by atoms with E-state index < -0.39 is 0 Å². The Labute approximate surface area is 106 Å². The normalized spacial score (nSPS) is 10.3. The molecule has 0 aliphatic carbocycles. The number of carbonyl (C=O) groups excluding carboxylic acids is 1. The maximum absolute atomic E-state index is 11.8. The summed E-state index contributed by atoms with van der Waals surface area (Å²) in [6.07, 6.45) is 3.52. The van der Waals surface area contributed by atoms with Crippen LogP contribution >= 0.6 is 0 Å². The summed E-state index contributed by atoms with van der Waals surface area (Å²) in [6.45, 7) is 2.53. The zero-order chi connectivity index (χ0) is 12.8. The van der Waals surface area contributed by atoms with Gasteiger partial charge in [0.05, 0.1) is 18.4 Å². The van der Waals surface area contributed by atoms with Crippen molar-refractivity contribution in [2.45, 2.75) is 19.8 Å². The number of carbonyl (C=O) groups is 1. The van der Waals surface area contributed by atoms with Gasteiger partial charge in [0.2, 0.25) is 0 Å². The van der Waals surface area contributed by atoms with Crippen LogP contribution in [0.25, 0.3) is 11.3 Å². The summed E-state index contributed by atoms with van der Waals surface area (Å²) < 4.78 is 10.5. The summed E-state index contributed by atoms with van der Waals surface area (Å²) >= 11 is 0. The average Bonchev–Trinajstić information content (AvgIpc) is 2.93. The van der Waals surface area contributed by atoms with E-state index in [1.165, 1.54) is 0 Å². The molecule has 0 spiro atoms. The van der Waals surface area contributed by atoms with Gasteiger partial charge in [0.25, 0.3) is 0 Å². The zero-order valence-electron chi connectivity index (χ0n) is 10.4. The molecule has 2 rings (SSSR count). The first kappa shape index (κ1) is 12.4. The molecule has 0 radical (unpaired) electrons. The number of unbranched alkanes of at least 4 members (excludes halogenated alkanes) is 1. The fourth-order valence-corrected chi connectivity index (χ4v) is 1.63. The Kier molecular flexibility index (Phi) is 4.18. The van der Waals surface area contributed by atoms with Gasteiger partial charge >= 0.3 is 5.97 Å². The molecule has 2 aromatic rings. The Bertz CT molecular complexity index is 500. The van der Waals surface area contributed by atoms with E-state index in [9.17, 15) is 4.79 Å². The predicted molar refractivity (Wildman–Crippen MR) is 69.3 cm³/mol. The highest BCUT2D eigenvalue weighted by Gasteiger charge is 2.09. The molecule has 3 heteroatoms. The highest BCUT2D eigenvalue weighted by molar-refractivity contribution is 5.90. The number of hydrogen-bond donors (Lipinski definition) is 0. The molecule has 0 bridgehead atoms. The number of rotatable bonds is 5. The number of furan rings is 1. The molecule has 0 fully saturated rings. The summed E-state index contributed by atoms with van der Waals surface area (Å²) in [7, 11) is 0. The summed E-state index contributed by atoms with van der Waals surface area (Å²) in [5, 5.41) is 0. The number of ether oxygens (including phenoxy) is 1. The Balaban J connectivity index is 2.10. The molecule has 0 atom stereocenters. The second kappa shape index (κ2) is 6.05. The van der Waals surface area contributed by atoms with Gasteiger partial charge in [-0.1, -0.05) is 25.5 Å². The van der Waals surface area contributed by atoms with Crippen molar-refractivity contribution in [3.63, 3.8) is 0 Å². The SMILES string of the molecule is CCCCOC(=O)c1cccc(-c2ccco2)c1. The molecule has 3 nitrogen and oxygen atoms in total. The first-order chi connectivity index (χ1) is 8.81. The van der Waals surface area contributed by atoms with Crippen LogP contribution in [0.2, 0.25) is 0 Å². The largest absolute Gasteiger partial charge is 0.464 e. The van der Waals surface area contributed by atoms with Crippen molar-refractivity contribution in [2.75, 3.05) is 6.61 Å². The van der Waals surface area contributed by atoms with Crippen molar-refractivity contribution in [1.29, 1.82) is 0 Å². The van der Waals surface area contributed by atoms with Gasteiger partial charge in [0.1, 0.15) is 5.76 Å². The van der Waals surface area contributed by atoms with Crippen LogP contribution in [0.5, 0.6) is 0 Å². The monoisotopic (exact) mass is 244 g/mol. The van der Waals surface area contributed by atoms with Gasteiger partial charge < -0.3 is 9.15 Å². The lowest BCUT2D eigenvalue weighted by Gasteiger charge is -2.05. The zero-order valence-corrected chi connectivity index (χ0v) is 10.4. The van der Waals surface area contributed by atoms with Gasteiger partial charge in [-0.2, -0.15) is 0 Å². The average molecular weight is 244 g/mol. The van der Waals surface area contributed by atoms with Gasteiger partial charge in [-0.25, -0.2) is 4.79 Å². The van der Waals surface area contributed by atoms with Crippen molar-refractivity contribution >= 4 is 5.97 Å². The van der Waals surface area contributed by atoms with Gasteiger partial charge in [-0.05, 0) is 30.7 Å². The summed E-state index contributed by atoms with van der Waals surface area (Å²) in [4.78, 5) is 11.8. The minimum absolute atomic E-state index is 0.281. The van der Waals surface area contributed by atoms with Crippen LogP contribution in [0.15, 0.2) is 47.1 Å². The quantitative estimate of drug-likeness (QED) is 0.591. The Morgan fingerprint density at radius 3 is 2.89 bits per heavy atom. The van der Waals surface area contributed by atoms with E-state index in [1.807, 2.05) is 24.3 Å². The smallest absolute Gasteiger partial charge is 0.338 e. The van der Waals surface area contributed by atoms with E-state index in [1.54, 1.807) is 18.4 Å². The Hall–Kier alpha value is -2.03. The van der Waals surface area contributed by atoms with Crippen LogP contribution < -0.4 is 0 Å². The third kappa shape index (κ3) is 3.00. The van der Waals surface area contributed by atoms with E-state index in [2.05, 4.69) is 6.92 Å². The molecule has 0 N–H and O–H groups in total. The third-order valence-electron chi connectivity index (χ3n) is 2.64. The summed E-state index contributed by atoms with van der Waals surface area (Å²) in [6, 6.07) is 11.0. The molecule has 0 aliphatic heterocycles. The molecular weight excluding hydrogens is 228 g/mol. The van der Waals surface area contributed by atoms with Crippen molar-refractivity contribution in [3.8, 4) is 11.3 Å². The number of benzene rings is 1. The minimum Gasteiger partial charge on any atom is -0.464 e. The minimum atomic E-state index is -0.281. The lowest BCUT2D eigenvalue weighted by molar-refractivity contribution is 0.0500. The van der Waals surface area contributed by atoms with Crippen LogP contribution in [0.1, 0.15) is 30.1 Å². The molecule has 18 heavy (non-hydrogen) atoms. The van der Waals surface area contributed by atoms with Crippen molar-refractivity contribution in [1.82, 2.24) is 0 Å². The third-order valence-corrected chi connectivity index (χ3v) is 2.64. The van der Waals surface area contributed by atoms with Crippen LogP contribution in [-0.4, -0.2) is 12.6 Å². The van der Waals surface area contributed by atoms with Crippen molar-refractivity contribution in [2.24, 2.45) is 0 Å². The van der Waals surface area contributed by atoms with E-state index in [0.717, 1.165) is 24.2 Å². The standard InChI is InChI=1S/C15H16O3/c1-2-3-9-18-15(16)13-7-4-6-12(11-13)14-8-5-10-17-14/h4-8,10-11H,2-3,9H2,1H3. The lowest BCUT2D eigenvalue weighted by Crippen LogP contribution is -2.06. The molecule has 0 saturated heterocycles. The van der Waals surface area contributed by atoms with E-state index in [-0.39, 0.29) is 5.97 Å². The summed E-state index contributed by atoms with van der Waals surface area (Å²) in [5.41, 5.74) is 1.44. The van der Waals surface area contributed by atoms with Crippen LogP contribution in [0, 0.1) is 0 Å². The van der Waals surface area contributed by atoms with Crippen LogP contribution in [0.3, 0.4) is 0 Å². The van der Waals surface area contributed by atoms with Crippen molar-refractivity contribution < 1.29 is 13.9 Å². The van der Waals surface area contributed by atoms with Gasteiger partial charge in [-0.15, -0.1) is 0 Å². The molecule has 94 valence electrons. The molecule has 0 amide bonds. The summed E-state index contributed by atoms with van der Waals surface area (Å²) in [5.74, 6) is 0.468. The Morgan fingerprint density at radius 1 is 1.28 bits per heavy atom. The maximum atomic E-state index is 11.8. The molecule has 1 aromatic heterocycles. The molecule has 1 aromatic carbocycles. The topological polar surface area (TPSA) is 39.4 Å². The van der Waals surface area contributed by atoms with Crippen LogP contribution in [0.4, 0.5) is 0 Å². The fraction of sp³-hybridized carbons (Fsp3) is 0.267. The fourth-order valence-electron chi connectivity index (χ4n) is 1.63. The molecule has 1 heterocycles. The first-order valence-corrected chi connectivity index (χ1v) is 6.12. The number of esters is 1. The second-order valence-corrected chi connectivity index (χ2v) is 4.05. The van der Waals surface area contributed by atoms with E-state index in [0.29, 0.717) is 12.2 Å². The van der Waals surface area contributed by atoms with Crippen LogP contribution in [-0.2, 0) is 4.74 Å². The van der Waals surface area contributed by atoms with E-state index in [4.69, 9.17) is 9.15 Å². The Morgan fingerprint density at radius 2 is 2.17 bits per heavy atom.